The quantitative estimate of drug-likeness (QED) is 0.339. The zero-order valence-electron chi connectivity index (χ0n) is 20.9. The van der Waals surface area contributed by atoms with Crippen LogP contribution in [0.1, 0.15) is 47.6 Å². The van der Waals surface area contributed by atoms with E-state index in [1.807, 2.05) is 48.5 Å². The van der Waals surface area contributed by atoms with Crippen LogP contribution in [0, 0.1) is 13.8 Å². The van der Waals surface area contributed by atoms with Gasteiger partial charge in [-0.25, -0.2) is 9.59 Å². The van der Waals surface area contributed by atoms with Crippen LogP contribution >= 0.6 is 0 Å². The second-order valence-corrected chi connectivity index (χ2v) is 8.71. The third-order valence-electron chi connectivity index (χ3n) is 5.71. The van der Waals surface area contributed by atoms with Gasteiger partial charge in [0.15, 0.2) is 0 Å². The molecule has 0 fully saturated rings. The van der Waals surface area contributed by atoms with Crippen LogP contribution in [0.25, 0.3) is 0 Å². The summed E-state index contributed by atoms with van der Waals surface area (Å²) in [6, 6.07) is 17.9. The van der Waals surface area contributed by atoms with Crippen LogP contribution in [0.2, 0.25) is 0 Å². The summed E-state index contributed by atoms with van der Waals surface area (Å²) in [6.07, 6.45) is 0.677. The van der Waals surface area contributed by atoms with E-state index in [1.165, 1.54) is 12.1 Å². The lowest BCUT2D eigenvalue weighted by molar-refractivity contribution is 0.431. The Balaban J connectivity index is 1.47. The standard InChI is InChI=1S/C29H26N2O6/c1-16-13-24(32)26(28(34)36-16)18(3)30-22-9-5-20(6-10-22)15-21-7-11-23(12-8-21)31-19(4)27-25(33)14-17(2)37-29(27)35/h5-14,32-33H,15H2,1-4H3. The number of hydrogen-bond acceptors (Lipinski definition) is 8. The van der Waals surface area contributed by atoms with Crippen LogP contribution < -0.4 is 11.3 Å². The van der Waals surface area contributed by atoms with E-state index in [1.54, 1.807) is 27.7 Å². The van der Waals surface area contributed by atoms with Crippen LogP contribution in [-0.2, 0) is 6.42 Å². The Morgan fingerprint density at radius 3 is 1.35 bits per heavy atom. The average molecular weight is 499 g/mol. The molecule has 0 bridgehead atoms. The second kappa shape index (κ2) is 10.5. The summed E-state index contributed by atoms with van der Waals surface area (Å²) in [5.41, 5.74) is 2.97. The molecule has 188 valence electrons. The van der Waals surface area contributed by atoms with Gasteiger partial charge in [0, 0.05) is 12.1 Å². The van der Waals surface area contributed by atoms with Gasteiger partial charge in [-0.2, -0.15) is 0 Å². The fourth-order valence-corrected chi connectivity index (χ4v) is 3.97. The van der Waals surface area contributed by atoms with Crippen molar-refractivity contribution in [2.24, 2.45) is 9.98 Å². The first kappa shape index (κ1) is 25.4. The fraction of sp³-hybridized carbons (Fsp3) is 0.172. The maximum absolute atomic E-state index is 12.1. The van der Waals surface area contributed by atoms with Crippen LogP contribution in [-0.4, -0.2) is 21.6 Å². The van der Waals surface area contributed by atoms with Gasteiger partial charge in [-0.15, -0.1) is 0 Å². The van der Waals surface area contributed by atoms with Gasteiger partial charge >= 0.3 is 11.3 Å². The maximum Gasteiger partial charge on any atom is 0.348 e. The first-order valence-corrected chi connectivity index (χ1v) is 11.6. The zero-order chi connectivity index (χ0) is 26.7. The Hall–Kier alpha value is -4.72. The number of nitrogens with zero attached hydrogens (tertiary/aromatic N) is 2. The van der Waals surface area contributed by atoms with E-state index in [2.05, 4.69) is 9.98 Å². The minimum Gasteiger partial charge on any atom is -0.507 e. The van der Waals surface area contributed by atoms with Crippen LogP contribution in [0.3, 0.4) is 0 Å². The van der Waals surface area contributed by atoms with Crippen molar-refractivity contribution in [3.05, 3.63) is 115 Å². The van der Waals surface area contributed by atoms with E-state index in [9.17, 15) is 19.8 Å². The molecule has 8 heteroatoms. The lowest BCUT2D eigenvalue weighted by atomic mass is 10.0. The Labute approximate surface area is 212 Å². The molecule has 0 aliphatic heterocycles. The number of aryl methyl sites for hydroxylation is 2. The van der Waals surface area contributed by atoms with Crippen molar-refractivity contribution in [1.82, 2.24) is 0 Å². The molecular formula is C29H26N2O6. The summed E-state index contributed by atoms with van der Waals surface area (Å²) in [4.78, 5) is 33.1. The van der Waals surface area contributed by atoms with Gasteiger partial charge in [0.05, 0.1) is 22.8 Å². The first-order valence-electron chi connectivity index (χ1n) is 11.6. The molecule has 0 saturated carbocycles. The van der Waals surface area contributed by atoms with Crippen molar-refractivity contribution in [3.63, 3.8) is 0 Å². The van der Waals surface area contributed by atoms with Gasteiger partial charge in [-0.1, -0.05) is 24.3 Å². The molecule has 0 radical (unpaired) electrons. The number of aliphatic imine (C=N–C) groups is 2. The van der Waals surface area contributed by atoms with Gasteiger partial charge < -0.3 is 19.0 Å². The molecule has 2 heterocycles. The summed E-state index contributed by atoms with van der Waals surface area (Å²) in [7, 11) is 0. The summed E-state index contributed by atoms with van der Waals surface area (Å²) in [5.74, 6) is 0.343. The first-order chi connectivity index (χ1) is 17.6. The molecule has 2 aromatic heterocycles. The normalized spacial score (nSPS) is 12.1. The van der Waals surface area contributed by atoms with E-state index >= 15 is 0 Å². The molecular weight excluding hydrogens is 472 g/mol. The van der Waals surface area contributed by atoms with Gasteiger partial charge in [0.2, 0.25) is 0 Å². The molecule has 0 amide bonds. The van der Waals surface area contributed by atoms with Crippen molar-refractivity contribution >= 4 is 22.8 Å². The smallest absolute Gasteiger partial charge is 0.348 e. The zero-order valence-corrected chi connectivity index (χ0v) is 20.9. The maximum atomic E-state index is 12.1. The highest BCUT2D eigenvalue weighted by atomic mass is 16.4. The largest absolute Gasteiger partial charge is 0.507 e. The summed E-state index contributed by atoms with van der Waals surface area (Å²) in [5, 5.41) is 20.2. The minimum absolute atomic E-state index is 0.0473. The lowest BCUT2D eigenvalue weighted by Crippen LogP contribution is -2.12. The van der Waals surface area contributed by atoms with E-state index in [4.69, 9.17) is 8.83 Å². The summed E-state index contributed by atoms with van der Waals surface area (Å²) >= 11 is 0. The highest BCUT2D eigenvalue weighted by molar-refractivity contribution is 6.02. The van der Waals surface area contributed by atoms with Gasteiger partial charge in [-0.05, 0) is 69.5 Å². The third-order valence-corrected chi connectivity index (χ3v) is 5.71. The van der Waals surface area contributed by atoms with Crippen molar-refractivity contribution in [3.8, 4) is 11.5 Å². The van der Waals surface area contributed by atoms with E-state index in [0.717, 1.165) is 11.1 Å². The molecule has 4 rings (SSSR count). The molecule has 0 aliphatic carbocycles. The average Bonchev–Trinajstić information content (AvgIpc) is 2.80. The van der Waals surface area contributed by atoms with Crippen molar-refractivity contribution in [1.29, 1.82) is 0 Å². The predicted octanol–water partition coefficient (Wildman–Crippen LogP) is 5.49. The van der Waals surface area contributed by atoms with Crippen LogP contribution in [0.5, 0.6) is 11.5 Å². The van der Waals surface area contributed by atoms with Crippen molar-refractivity contribution < 1.29 is 19.0 Å². The van der Waals surface area contributed by atoms with Crippen LogP contribution in [0.15, 0.2) is 89.1 Å². The third kappa shape index (κ3) is 5.92. The fourth-order valence-electron chi connectivity index (χ4n) is 3.97. The number of aromatic hydroxyl groups is 2. The molecule has 4 aromatic rings. The lowest BCUT2D eigenvalue weighted by Gasteiger charge is -2.06. The van der Waals surface area contributed by atoms with Crippen LogP contribution in [0.4, 0.5) is 11.4 Å². The molecule has 0 unspecified atom stereocenters. The minimum atomic E-state index is -0.627. The molecule has 37 heavy (non-hydrogen) atoms. The Morgan fingerprint density at radius 2 is 1.03 bits per heavy atom. The Morgan fingerprint density at radius 1 is 0.676 bits per heavy atom. The highest BCUT2D eigenvalue weighted by Gasteiger charge is 2.14. The molecule has 0 saturated heterocycles. The molecule has 0 atom stereocenters. The molecule has 0 spiro atoms. The topological polar surface area (TPSA) is 126 Å². The highest BCUT2D eigenvalue weighted by Crippen LogP contribution is 2.22. The summed E-state index contributed by atoms with van der Waals surface area (Å²) in [6.45, 7) is 6.48. The van der Waals surface area contributed by atoms with E-state index in [-0.39, 0.29) is 22.6 Å². The monoisotopic (exact) mass is 498 g/mol. The molecule has 0 aliphatic rings. The molecule has 2 aromatic carbocycles. The van der Waals surface area contributed by atoms with Crippen molar-refractivity contribution in [2.75, 3.05) is 0 Å². The number of hydrogen-bond donors (Lipinski definition) is 2. The van der Waals surface area contributed by atoms with Crippen molar-refractivity contribution in [2.45, 2.75) is 34.1 Å². The van der Waals surface area contributed by atoms with E-state index < -0.39 is 11.3 Å². The van der Waals surface area contributed by atoms with Gasteiger partial charge in [0.1, 0.15) is 34.1 Å². The Bertz CT molecular complexity index is 1500. The Kier molecular flexibility index (Phi) is 7.20. The number of rotatable bonds is 6. The van der Waals surface area contributed by atoms with Gasteiger partial charge in [0.25, 0.3) is 0 Å². The summed E-state index contributed by atoms with van der Waals surface area (Å²) < 4.78 is 10.1. The predicted molar refractivity (Wildman–Crippen MR) is 142 cm³/mol. The second-order valence-electron chi connectivity index (χ2n) is 8.71. The van der Waals surface area contributed by atoms with Gasteiger partial charge in [-0.3, -0.25) is 9.98 Å². The van der Waals surface area contributed by atoms with E-state index in [0.29, 0.717) is 40.7 Å². The SMILES string of the molecule is CC(=Nc1ccc(Cc2ccc(N=C(C)c3c(O)cc(C)oc3=O)cc2)cc1)c1c(O)cc(C)oc1=O. The number of benzene rings is 2. The molecule has 8 nitrogen and oxygen atoms in total. The molecule has 2 N–H and O–H groups in total.